The Morgan fingerprint density at radius 3 is 2.37 bits per heavy atom. The highest BCUT2D eigenvalue weighted by Crippen LogP contribution is 2.31. The van der Waals surface area contributed by atoms with Gasteiger partial charge in [0.2, 0.25) is 0 Å². The van der Waals surface area contributed by atoms with Gasteiger partial charge in [-0.2, -0.15) is 0 Å². The van der Waals surface area contributed by atoms with E-state index in [4.69, 9.17) is 0 Å². The van der Waals surface area contributed by atoms with Gasteiger partial charge in [0.1, 0.15) is 11.6 Å². The lowest BCUT2D eigenvalue weighted by Gasteiger charge is -2.37. The minimum Gasteiger partial charge on any atom is -0.339 e. The van der Waals surface area contributed by atoms with Crippen molar-refractivity contribution >= 4 is 21.8 Å². The van der Waals surface area contributed by atoms with E-state index >= 15 is 0 Å². The summed E-state index contributed by atoms with van der Waals surface area (Å²) >= 11 is 2.98. The monoisotopic (exact) mass is 331 g/mol. The minimum absolute atomic E-state index is 0.0759. The SMILES string of the molecule is CC1(C)CCN(C(=O)c2cc(Br)c(F)cc2F)CC1. The first kappa shape index (κ1) is 14.4. The highest BCUT2D eigenvalue weighted by atomic mass is 79.9. The van der Waals surface area contributed by atoms with Crippen LogP contribution in [0.2, 0.25) is 0 Å². The van der Waals surface area contributed by atoms with Crippen molar-refractivity contribution in [1.29, 1.82) is 0 Å². The first-order valence-corrected chi connectivity index (χ1v) is 7.03. The van der Waals surface area contributed by atoms with E-state index < -0.39 is 11.6 Å². The lowest BCUT2D eigenvalue weighted by molar-refractivity contribution is 0.0625. The van der Waals surface area contributed by atoms with Crippen LogP contribution in [-0.4, -0.2) is 23.9 Å². The van der Waals surface area contributed by atoms with Crippen LogP contribution in [-0.2, 0) is 0 Å². The molecule has 1 amide bonds. The molecule has 1 saturated heterocycles. The van der Waals surface area contributed by atoms with Crippen molar-refractivity contribution in [3.63, 3.8) is 0 Å². The van der Waals surface area contributed by atoms with Crippen LogP contribution >= 0.6 is 15.9 Å². The molecule has 1 aromatic carbocycles. The molecule has 19 heavy (non-hydrogen) atoms. The van der Waals surface area contributed by atoms with E-state index in [-0.39, 0.29) is 21.4 Å². The summed E-state index contributed by atoms with van der Waals surface area (Å²) in [5, 5.41) is 0. The number of carbonyl (C=O) groups is 1. The van der Waals surface area contributed by atoms with Crippen LogP contribution in [0.15, 0.2) is 16.6 Å². The molecule has 0 radical (unpaired) electrons. The van der Waals surface area contributed by atoms with Crippen molar-refractivity contribution in [2.45, 2.75) is 26.7 Å². The summed E-state index contributed by atoms with van der Waals surface area (Å²) in [6.07, 6.45) is 1.78. The quantitative estimate of drug-likeness (QED) is 0.712. The lowest BCUT2D eigenvalue weighted by atomic mass is 9.82. The third-order valence-corrected chi connectivity index (χ3v) is 4.25. The fourth-order valence-electron chi connectivity index (χ4n) is 2.17. The Hall–Kier alpha value is -0.970. The zero-order chi connectivity index (χ0) is 14.2. The van der Waals surface area contributed by atoms with Crippen molar-refractivity contribution in [3.8, 4) is 0 Å². The Balaban J connectivity index is 2.19. The highest BCUT2D eigenvalue weighted by molar-refractivity contribution is 9.10. The Morgan fingerprint density at radius 2 is 1.79 bits per heavy atom. The number of amides is 1. The minimum atomic E-state index is -0.810. The van der Waals surface area contributed by atoms with Gasteiger partial charge >= 0.3 is 0 Å². The standard InChI is InChI=1S/C14H16BrF2NO/c1-14(2)3-5-18(6-4-14)13(19)9-7-10(15)12(17)8-11(9)16/h7-8H,3-6H2,1-2H3. The van der Waals surface area contributed by atoms with Crippen LogP contribution in [0.5, 0.6) is 0 Å². The second-order valence-electron chi connectivity index (χ2n) is 5.70. The molecule has 104 valence electrons. The lowest BCUT2D eigenvalue weighted by Crippen LogP contribution is -2.41. The molecule has 0 atom stereocenters. The normalized spacial score (nSPS) is 18.5. The average molecular weight is 332 g/mol. The Bertz CT molecular complexity index is 506. The van der Waals surface area contributed by atoms with Gasteiger partial charge in [-0.3, -0.25) is 4.79 Å². The predicted molar refractivity (Wildman–Crippen MR) is 73.0 cm³/mol. The highest BCUT2D eigenvalue weighted by Gasteiger charge is 2.29. The first-order chi connectivity index (χ1) is 8.80. The number of hydrogen-bond donors (Lipinski definition) is 0. The molecule has 0 aliphatic carbocycles. The molecule has 2 nitrogen and oxygen atoms in total. The van der Waals surface area contributed by atoms with E-state index in [9.17, 15) is 13.6 Å². The summed E-state index contributed by atoms with van der Waals surface area (Å²) in [5.41, 5.74) is 0.145. The fraction of sp³-hybridized carbons (Fsp3) is 0.500. The van der Waals surface area contributed by atoms with Gasteiger partial charge < -0.3 is 4.90 Å². The molecule has 1 aromatic rings. The van der Waals surface area contributed by atoms with Gasteiger partial charge in [0.15, 0.2) is 0 Å². The van der Waals surface area contributed by atoms with Gasteiger partial charge in [-0.15, -0.1) is 0 Å². The van der Waals surface area contributed by atoms with Gasteiger partial charge in [-0.25, -0.2) is 8.78 Å². The van der Waals surface area contributed by atoms with E-state index in [1.165, 1.54) is 6.07 Å². The van der Waals surface area contributed by atoms with Crippen molar-refractivity contribution in [2.75, 3.05) is 13.1 Å². The van der Waals surface area contributed by atoms with Crippen LogP contribution in [0.1, 0.15) is 37.0 Å². The Kier molecular flexibility index (Phi) is 3.95. The van der Waals surface area contributed by atoms with E-state index in [0.29, 0.717) is 13.1 Å². The number of piperidine rings is 1. The molecule has 0 unspecified atom stereocenters. The molecule has 1 aliphatic heterocycles. The molecule has 1 heterocycles. The smallest absolute Gasteiger partial charge is 0.256 e. The molecule has 2 rings (SSSR count). The van der Waals surface area contributed by atoms with E-state index in [1.807, 2.05) is 0 Å². The van der Waals surface area contributed by atoms with Gasteiger partial charge in [-0.05, 0) is 40.3 Å². The zero-order valence-electron chi connectivity index (χ0n) is 11.0. The summed E-state index contributed by atoms with van der Waals surface area (Å²) in [6, 6.07) is 1.96. The molecule has 0 aromatic heterocycles. The average Bonchev–Trinajstić information content (AvgIpc) is 2.33. The maximum absolute atomic E-state index is 13.7. The Morgan fingerprint density at radius 1 is 1.21 bits per heavy atom. The van der Waals surface area contributed by atoms with Gasteiger partial charge in [0.25, 0.3) is 5.91 Å². The molecule has 0 bridgehead atoms. The van der Waals surface area contributed by atoms with Crippen molar-refractivity contribution in [1.82, 2.24) is 4.90 Å². The summed E-state index contributed by atoms with van der Waals surface area (Å²) in [6.45, 7) is 5.54. The molecule has 1 fully saturated rings. The van der Waals surface area contributed by atoms with Gasteiger partial charge in [0, 0.05) is 19.2 Å². The van der Waals surface area contributed by atoms with Crippen LogP contribution < -0.4 is 0 Å². The molecule has 1 aliphatic rings. The topological polar surface area (TPSA) is 20.3 Å². The summed E-state index contributed by atoms with van der Waals surface area (Å²) in [7, 11) is 0. The zero-order valence-corrected chi connectivity index (χ0v) is 12.6. The van der Waals surface area contributed by atoms with E-state index in [0.717, 1.165) is 18.9 Å². The number of carbonyl (C=O) groups excluding carboxylic acids is 1. The third kappa shape index (κ3) is 3.14. The molecular weight excluding hydrogens is 316 g/mol. The number of halogens is 3. The number of rotatable bonds is 1. The van der Waals surface area contributed by atoms with Crippen molar-refractivity contribution in [2.24, 2.45) is 5.41 Å². The van der Waals surface area contributed by atoms with Gasteiger partial charge in [-0.1, -0.05) is 13.8 Å². The molecule has 0 saturated carbocycles. The summed E-state index contributed by atoms with van der Waals surface area (Å²) in [5.74, 6) is -1.88. The van der Waals surface area contributed by atoms with Crippen LogP contribution in [0.4, 0.5) is 8.78 Å². The number of hydrogen-bond acceptors (Lipinski definition) is 1. The van der Waals surface area contributed by atoms with E-state index in [2.05, 4.69) is 29.8 Å². The number of benzene rings is 1. The maximum atomic E-state index is 13.7. The predicted octanol–water partition coefficient (Wildman–Crippen LogP) is 3.99. The molecule has 0 N–H and O–H groups in total. The fourth-order valence-corrected chi connectivity index (χ4v) is 2.52. The molecular formula is C14H16BrF2NO. The van der Waals surface area contributed by atoms with Crippen LogP contribution in [0, 0.1) is 17.0 Å². The second-order valence-corrected chi connectivity index (χ2v) is 6.56. The third-order valence-electron chi connectivity index (χ3n) is 3.64. The Labute approximate surface area is 119 Å². The van der Waals surface area contributed by atoms with E-state index in [1.54, 1.807) is 4.90 Å². The summed E-state index contributed by atoms with van der Waals surface area (Å²) < 4.78 is 26.9. The number of nitrogens with zero attached hydrogens (tertiary/aromatic N) is 1. The van der Waals surface area contributed by atoms with Crippen LogP contribution in [0.25, 0.3) is 0 Å². The molecule has 0 spiro atoms. The van der Waals surface area contributed by atoms with Crippen molar-refractivity contribution in [3.05, 3.63) is 33.8 Å². The first-order valence-electron chi connectivity index (χ1n) is 6.24. The second kappa shape index (κ2) is 5.19. The number of likely N-dealkylation sites (tertiary alicyclic amines) is 1. The molecule has 5 heteroatoms. The van der Waals surface area contributed by atoms with Gasteiger partial charge in [0.05, 0.1) is 10.0 Å². The van der Waals surface area contributed by atoms with Crippen molar-refractivity contribution < 1.29 is 13.6 Å². The summed E-state index contributed by atoms with van der Waals surface area (Å²) in [4.78, 5) is 13.9. The maximum Gasteiger partial charge on any atom is 0.256 e. The largest absolute Gasteiger partial charge is 0.339 e. The van der Waals surface area contributed by atoms with Crippen LogP contribution in [0.3, 0.4) is 0 Å².